The highest BCUT2D eigenvalue weighted by Gasteiger charge is 2.36. The third-order valence-corrected chi connectivity index (χ3v) is 21.2. The number of likely N-dealkylation sites (tertiary alicyclic amines) is 2. The van der Waals surface area contributed by atoms with Crippen molar-refractivity contribution >= 4 is 0 Å². The lowest BCUT2D eigenvalue weighted by atomic mass is 9.96. The fourth-order valence-corrected chi connectivity index (χ4v) is 12.9. The average molecular weight is 1770 g/mol. The molecule has 2 fully saturated rings. The summed E-state index contributed by atoms with van der Waals surface area (Å²) in [5.74, 6) is 5.48. The number of nitrogens with zero attached hydrogens (tertiary/aromatic N) is 2. The van der Waals surface area contributed by atoms with Crippen LogP contribution < -0.4 is 33.2 Å². The summed E-state index contributed by atoms with van der Waals surface area (Å²) in [6, 6.07) is 41.7. The zero-order valence-corrected chi connectivity index (χ0v) is 77.7. The van der Waals surface area contributed by atoms with Gasteiger partial charge in [0.2, 0.25) is 0 Å². The van der Waals surface area contributed by atoms with Gasteiger partial charge >= 0.3 is 12.4 Å². The molecule has 0 bridgehead atoms. The number of alkyl halides is 10. The smallest absolute Gasteiger partial charge is 0.416 e. The number of hydrogen-bond acceptors (Lipinski definition) is 14. The lowest BCUT2D eigenvalue weighted by Crippen LogP contribution is -2.33. The molecule has 9 rings (SSSR count). The summed E-state index contributed by atoms with van der Waals surface area (Å²) in [5.41, 5.74) is 4.50. The number of halogens is 10. The van der Waals surface area contributed by atoms with E-state index in [1.54, 1.807) is 58.9 Å². The Bertz CT molecular complexity index is 4020. The molecule has 125 heavy (non-hydrogen) atoms. The molecule has 24 heteroatoms. The van der Waals surface area contributed by atoms with Crippen molar-refractivity contribution < 1.29 is 103 Å². The van der Waals surface area contributed by atoms with E-state index in [4.69, 9.17) is 33.2 Å². The van der Waals surface area contributed by atoms with Crippen LogP contribution >= 0.6 is 0 Å². The molecule has 2 aliphatic heterocycles. The van der Waals surface area contributed by atoms with Gasteiger partial charge in [-0.05, 0) is 255 Å². The number of hydrogen-bond donors (Lipinski definition) is 5. The van der Waals surface area contributed by atoms with Crippen LogP contribution in [0.2, 0.25) is 0 Å². The van der Waals surface area contributed by atoms with E-state index < -0.39 is 48.5 Å². The summed E-state index contributed by atoms with van der Waals surface area (Å²) in [7, 11) is 0. The van der Waals surface area contributed by atoms with Gasteiger partial charge in [0.15, 0.2) is 0 Å². The predicted molar refractivity (Wildman–Crippen MR) is 484 cm³/mol. The van der Waals surface area contributed by atoms with Crippen LogP contribution in [0.5, 0.6) is 40.2 Å². The summed E-state index contributed by atoms with van der Waals surface area (Å²) in [6.45, 7) is 45.5. The Morgan fingerprint density at radius 1 is 0.288 bits per heavy atom. The first kappa shape index (κ1) is 111. The molecule has 7 aromatic carbocycles. The number of aliphatic hydroxyl groups is 5. The zero-order valence-electron chi connectivity index (χ0n) is 77.7. The Labute approximate surface area is 740 Å². The largest absolute Gasteiger partial charge is 0.492 e. The van der Waals surface area contributed by atoms with E-state index in [0.717, 1.165) is 87.9 Å². The van der Waals surface area contributed by atoms with E-state index in [1.807, 2.05) is 104 Å². The summed E-state index contributed by atoms with van der Waals surface area (Å²) in [6.07, 6.45) is -5.16. The highest BCUT2D eigenvalue weighted by Crippen LogP contribution is 2.40. The van der Waals surface area contributed by atoms with Gasteiger partial charge < -0.3 is 58.7 Å². The van der Waals surface area contributed by atoms with Crippen LogP contribution in [0.25, 0.3) is 0 Å². The SMILES string of the molecule is CC(C)c1cc(OCCN2CCCCC2)ccc1C(F)(F)F.CC(C)c1cc(OCCN2CCCCC2)ccc1C(F)F.CCC(O)COc1ccc(C(C)C)c(C(F)(F)F)c1.CCC(O)COc1ccc(C(C)C)c(C(F)F)c1.CCC(O)COc1ccc(C(C)C)cc1.CCC(O)COc1cccc(C(C)C)c1.CCC(O)COc1ccccc1C(C)C. The van der Waals surface area contributed by atoms with Crippen molar-refractivity contribution in [3.63, 3.8) is 0 Å². The van der Waals surface area contributed by atoms with Gasteiger partial charge in [0, 0.05) is 24.2 Å². The molecule has 0 radical (unpaired) electrons. The molecule has 0 amide bonds. The molecule has 0 aromatic heterocycles. The van der Waals surface area contributed by atoms with Crippen LogP contribution in [0.3, 0.4) is 0 Å². The number of rotatable bonds is 37. The Hall–Kier alpha value is -7.84. The van der Waals surface area contributed by atoms with Gasteiger partial charge in [-0.2, -0.15) is 26.3 Å². The average Bonchev–Trinajstić information content (AvgIpc) is 0.815. The third kappa shape index (κ3) is 43.7. The Morgan fingerprint density at radius 2 is 0.632 bits per heavy atom. The van der Waals surface area contributed by atoms with E-state index in [1.165, 1.54) is 91.6 Å². The van der Waals surface area contributed by atoms with E-state index >= 15 is 0 Å². The normalized spacial score (nSPS) is 14.4. The standard InChI is InChI=1S/C17H24F3NO.C17H25F2NO.C14H19F3O2.C14H20F2O2.3C13H20O2/c1-13(2)15-12-14(6-7-16(15)17(18,19)20)22-11-10-21-8-4-3-5-9-21;1-13(2)16-12-14(6-7-15(16)17(18)19)21-11-10-20-8-4-3-5-9-20;1-4-10(18)8-19-11-5-6-12(9(2)3)13(7-11)14(15,16)17;1-4-10(17)8-18-11-5-6-12(9(2)3)13(7-11)14(15)16;1-4-12(14)9-15-13-7-5-11(6-8-13)10(2)3;1-4-12(14)9-15-13-7-5-6-11(8-13)10(2)3;1-4-11(14)9-15-13-8-6-5-7-12(13)10(2)3/h6-7,12-13H,3-5,8-11H2,1-2H3;6-7,12-13,17H,3-5,8-11H2,1-2H3;5-7,9-10,18H,4,8H2,1-3H3;5-7,9-10,14,17H,4,8H2,1-3H3;2*5-8,10,12,14H,4,9H2,1-3H3;5-8,10-11,14H,4,9H2,1-3H3. The number of aliphatic hydroxyl groups excluding tert-OH is 5. The molecule has 5 unspecified atom stereocenters. The van der Waals surface area contributed by atoms with Crippen molar-refractivity contribution in [2.45, 2.75) is 299 Å². The topological polar surface area (TPSA) is 172 Å². The molecule has 5 atom stereocenters. The summed E-state index contributed by atoms with van der Waals surface area (Å²) >= 11 is 0. The Morgan fingerprint density at radius 3 is 1.03 bits per heavy atom. The molecule has 0 aliphatic carbocycles. The Kier molecular flexibility index (Phi) is 52.8. The molecule has 5 N–H and O–H groups in total. The number of benzene rings is 7. The van der Waals surface area contributed by atoms with Gasteiger partial charge in [0.05, 0.1) is 41.6 Å². The number of piperidine rings is 2. The van der Waals surface area contributed by atoms with Crippen molar-refractivity contribution in [3.8, 4) is 40.2 Å². The minimum Gasteiger partial charge on any atom is -0.492 e. The van der Waals surface area contributed by atoms with Gasteiger partial charge in [-0.1, -0.05) is 199 Å². The molecule has 2 saturated heterocycles. The van der Waals surface area contributed by atoms with E-state index in [0.29, 0.717) is 97.6 Å². The van der Waals surface area contributed by atoms with Crippen LogP contribution in [0.15, 0.2) is 146 Å². The molecule has 704 valence electrons. The molecule has 14 nitrogen and oxygen atoms in total. The van der Waals surface area contributed by atoms with Gasteiger partial charge in [0.25, 0.3) is 12.9 Å². The minimum absolute atomic E-state index is 0.00514. The predicted octanol–water partition coefficient (Wildman–Crippen LogP) is 26.1. The highest BCUT2D eigenvalue weighted by atomic mass is 19.4. The lowest BCUT2D eigenvalue weighted by Gasteiger charge is -2.26. The van der Waals surface area contributed by atoms with Crippen LogP contribution in [0.1, 0.15) is 318 Å². The summed E-state index contributed by atoms with van der Waals surface area (Å²) < 4.78 is 168. The van der Waals surface area contributed by atoms with Crippen molar-refractivity contribution in [2.75, 3.05) is 85.5 Å². The van der Waals surface area contributed by atoms with Gasteiger partial charge in [-0.3, -0.25) is 9.80 Å². The van der Waals surface area contributed by atoms with Crippen LogP contribution in [-0.2, 0) is 12.4 Å². The monoisotopic (exact) mass is 1770 g/mol. The molecule has 2 aliphatic rings. The van der Waals surface area contributed by atoms with Crippen LogP contribution in [0.4, 0.5) is 43.9 Å². The van der Waals surface area contributed by atoms with Crippen LogP contribution in [0, 0.1) is 0 Å². The van der Waals surface area contributed by atoms with Crippen molar-refractivity contribution in [2.24, 2.45) is 0 Å². The molecular formula is C101H148F10N2O12. The van der Waals surface area contributed by atoms with Crippen molar-refractivity contribution in [3.05, 3.63) is 207 Å². The molecule has 0 spiro atoms. The first-order valence-electron chi connectivity index (χ1n) is 44.9. The van der Waals surface area contributed by atoms with Crippen LogP contribution in [-0.4, -0.2) is 151 Å². The molecular weight excluding hydrogens is 1620 g/mol. The first-order chi connectivity index (χ1) is 59.1. The quantitative estimate of drug-likeness (QED) is 0.0233. The molecule has 2 heterocycles. The second-order valence-corrected chi connectivity index (χ2v) is 33.8. The maximum Gasteiger partial charge on any atom is 0.416 e. The second kappa shape index (κ2) is 59.3. The lowest BCUT2D eigenvalue weighted by molar-refractivity contribution is -0.139. The van der Waals surface area contributed by atoms with E-state index in [2.05, 4.69) is 75.6 Å². The summed E-state index contributed by atoms with van der Waals surface area (Å²) in [5, 5.41) is 46.8. The number of para-hydroxylation sites is 1. The highest BCUT2D eigenvalue weighted by molar-refractivity contribution is 5.43. The fraction of sp³-hybridized carbons (Fsp3) is 0.584. The van der Waals surface area contributed by atoms with Crippen molar-refractivity contribution in [1.29, 1.82) is 0 Å². The minimum atomic E-state index is -4.40. The molecule has 0 saturated carbocycles. The summed E-state index contributed by atoms with van der Waals surface area (Å²) in [4.78, 5) is 4.75. The maximum atomic E-state index is 13.0. The van der Waals surface area contributed by atoms with E-state index in [-0.39, 0.29) is 77.6 Å². The molecule has 7 aromatic rings. The van der Waals surface area contributed by atoms with E-state index in [9.17, 15) is 69.4 Å². The van der Waals surface area contributed by atoms with Gasteiger partial charge in [0.1, 0.15) is 86.5 Å². The number of ether oxygens (including phenoxy) is 7. The first-order valence-corrected chi connectivity index (χ1v) is 44.9. The van der Waals surface area contributed by atoms with Gasteiger partial charge in [-0.25, -0.2) is 17.6 Å². The van der Waals surface area contributed by atoms with Gasteiger partial charge in [-0.15, -0.1) is 0 Å². The third-order valence-electron chi connectivity index (χ3n) is 21.2. The second-order valence-electron chi connectivity index (χ2n) is 33.8. The van der Waals surface area contributed by atoms with Crippen molar-refractivity contribution in [1.82, 2.24) is 9.80 Å². The maximum absolute atomic E-state index is 13.0. The fourth-order valence-electron chi connectivity index (χ4n) is 12.9. The Balaban J connectivity index is 0.000000378. The zero-order chi connectivity index (χ0) is 93.5.